The number of halogens is 2. The molecular weight excluding hydrogens is 521 g/mol. The van der Waals surface area contributed by atoms with Gasteiger partial charge in [0, 0.05) is 27.2 Å². The van der Waals surface area contributed by atoms with Crippen molar-refractivity contribution in [3.63, 3.8) is 0 Å². The van der Waals surface area contributed by atoms with E-state index >= 15 is 0 Å². The number of hydrogen-bond donors (Lipinski definition) is 0. The minimum absolute atomic E-state index is 0.0962. The minimum atomic E-state index is -0.109. The molecular formula is C20H15BrIN3O2. The molecule has 0 N–H and O–H groups in total. The molecule has 0 saturated heterocycles. The zero-order chi connectivity index (χ0) is 19.3. The highest BCUT2D eigenvalue weighted by atomic mass is 127. The van der Waals surface area contributed by atoms with Gasteiger partial charge < -0.3 is 4.90 Å². The molecule has 3 aromatic rings. The van der Waals surface area contributed by atoms with Gasteiger partial charge in [-0.25, -0.2) is 4.98 Å². The van der Waals surface area contributed by atoms with Crippen LogP contribution in [0.15, 0.2) is 45.7 Å². The van der Waals surface area contributed by atoms with Crippen molar-refractivity contribution >= 4 is 72.7 Å². The SMILES string of the molecule is CCn1c(C=C2C(=O)N(C)c3ccc(Br)cc32)nc2ccc(I)cc2c1=O. The van der Waals surface area contributed by atoms with Gasteiger partial charge >= 0.3 is 0 Å². The Labute approximate surface area is 178 Å². The zero-order valence-corrected chi connectivity index (χ0v) is 18.4. The van der Waals surface area contributed by atoms with Crippen LogP contribution in [-0.2, 0) is 11.3 Å². The third kappa shape index (κ3) is 3.02. The van der Waals surface area contributed by atoms with Gasteiger partial charge in [0.05, 0.1) is 22.2 Å². The van der Waals surface area contributed by atoms with E-state index in [2.05, 4.69) is 43.5 Å². The van der Waals surface area contributed by atoms with Crippen molar-refractivity contribution in [2.24, 2.45) is 0 Å². The molecule has 0 atom stereocenters. The van der Waals surface area contributed by atoms with Gasteiger partial charge in [0.2, 0.25) is 0 Å². The predicted molar refractivity (Wildman–Crippen MR) is 120 cm³/mol. The molecule has 2 aromatic carbocycles. The summed E-state index contributed by atoms with van der Waals surface area (Å²) in [6.07, 6.45) is 1.72. The van der Waals surface area contributed by atoms with E-state index in [9.17, 15) is 9.59 Å². The first-order chi connectivity index (χ1) is 12.9. The summed E-state index contributed by atoms with van der Waals surface area (Å²) in [7, 11) is 1.75. The minimum Gasteiger partial charge on any atom is -0.311 e. The van der Waals surface area contributed by atoms with Gasteiger partial charge in [-0.05, 0) is 72.0 Å². The Morgan fingerprint density at radius 2 is 1.96 bits per heavy atom. The number of anilines is 1. The van der Waals surface area contributed by atoms with E-state index in [0.29, 0.717) is 28.8 Å². The van der Waals surface area contributed by atoms with Crippen molar-refractivity contribution in [1.82, 2.24) is 9.55 Å². The van der Waals surface area contributed by atoms with Crippen LogP contribution in [0.2, 0.25) is 0 Å². The fourth-order valence-corrected chi connectivity index (χ4v) is 4.17. The quantitative estimate of drug-likeness (QED) is 0.363. The van der Waals surface area contributed by atoms with Gasteiger partial charge in [0.15, 0.2) is 0 Å². The smallest absolute Gasteiger partial charge is 0.261 e. The number of hydrogen-bond acceptors (Lipinski definition) is 3. The van der Waals surface area contributed by atoms with E-state index in [-0.39, 0.29) is 11.5 Å². The van der Waals surface area contributed by atoms with Gasteiger partial charge in [-0.3, -0.25) is 14.2 Å². The van der Waals surface area contributed by atoms with E-state index in [1.807, 2.05) is 43.3 Å². The number of rotatable bonds is 2. The Bertz CT molecular complexity index is 1200. The number of benzene rings is 2. The van der Waals surface area contributed by atoms with Gasteiger partial charge in [-0.2, -0.15) is 0 Å². The van der Waals surface area contributed by atoms with Crippen LogP contribution in [0.5, 0.6) is 0 Å². The monoisotopic (exact) mass is 535 g/mol. The van der Waals surface area contributed by atoms with Gasteiger partial charge in [-0.15, -0.1) is 0 Å². The molecule has 1 aromatic heterocycles. The number of nitrogens with zero attached hydrogens (tertiary/aromatic N) is 3. The Morgan fingerprint density at radius 3 is 2.70 bits per heavy atom. The first-order valence-corrected chi connectivity index (χ1v) is 10.3. The van der Waals surface area contributed by atoms with Crippen LogP contribution in [0.4, 0.5) is 5.69 Å². The lowest BCUT2D eigenvalue weighted by Crippen LogP contribution is -2.24. The number of amides is 1. The summed E-state index contributed by atoms with van der Waals surface area (Å²) in [5, 5.41) is 0.587. The molecule has 7 heteroatoms. The van der Waals surface area contributed by atoms with Crippen molar-refractivity contribution in [1.29, 1.82) is 0 Å². The lowest BCUT2D eigenvalue weighted by Gasteiger charge is -2.10. The second-order valence-electron chi connectivity index (χ2n) is 6.26. The molecule has 0 spiro atoms. The number of aromatic nitrogens is 2. The van der Waals surface area contributed by atoms with Crippen molar-refractivity contribution in [3.8, 4) is 0 Å². The van der Waals surface area contributed by atoms with E-state index in [1.54, 1.807) is 22.6 Å². The second kappa shape index (κ2) is 6.87. The molecule has 1 aliphatic rings. The molecule has 0 saturated carbocycles. The highest BCUT2D eigenvalue weighted by Crippen LogP contribution is 2.38. The van der Waals surface area contributed by atoms with Crippen LogP contribution in [0.1, 0.15) is 18.3 Å². The van der Waals surface area contributed by atoms with E-state index < -0.39 is 0 Å². The normalized spacial score (nSPS) is 15.0. The summed E-state index contributed by atoms with van der Waals surface area (Å²) in [6.45, 7) is 2.37. The Morgan fingerprint density at radius 1 is 1.19 bits per heavy atom. The highest BCUT2D eigenvalue weighted by Gasteiger charge is 2.30. The van der Waals surface area contributed by atoms with E-state index in [0.717, 1.165) is 19.3 Å². The molecule has 27 heavy (non-hydrogen) atoms. The van der Waals surface area contributed by atoms with Crippen molar-refractivity contribution < 1.29 is 4.79 Å². The number of carbonyl (C=O) groups excluding carboxylic acids is 1. The molecule has 0 unspecified atom stereocenters. The average Bonchev–Trinajstić information content (AvgIpc) is 2.87. The Hall–Kier alpha value is -2.00. The third-order valence-electron chi connectivity index (χ3n) is 4.68. The number of fused-ring (bicyclic) bond motifs is 2. The summed E-state index contributed by atoms with van der Waals surface area (Å²) in [6, 6.07) is 11.3. The fraction of sp³-hybridized carbons (Fsp3) is 0.150. The summed E-state index contributed by atoms with van der Waals surface area (Å²) in [5.41, 5.74) is 2.74. The van der Waals surface area contributed by atoms with Crippen molar-refractivity contribution in [2.75, 3.05) is 11.9 Å². The second-order valence-corrected chi connectivity index (χ2v) is 8.43. The Kier molecular flexibility index (Phi) is 4.67. The summed E-state index contributed by atoms with van der Waals surface area (Å²) < 4.78 is 3.48. The topological polar surface area (TPSA) is 55.2 Å². The molecule has 0 radical (unpaired) electrons. The lowest BCUT2D eigenvalue weighted by atomic mass is 10.1. The van der Waals surface area contributed by atoms with Gasteiger partial charge in [0.1, 0.15) is 5.82 Å². The molecule has 0 aliphatic carbocycles. The number of carbonyl (C=O) groups is 1. The summed E-state index contributed by atoms with van der Waals surface area (Å²) >= 11 is 5.65. The van der Waals surface area contributed by atoms with Crippen LogP contribution in [0.3, 0.4) is 0 Å². The standard InChI is InChI=1S/C20H15BrIN3O2/c1-3-25-18(23-16-6-5-12(22)9-15(16)20(25)27)10-14-13-8-11(21)4-7-17(13)24(2)19(14)26/h4-10H,3H2,1-2H3. The molecule has 4 rings (SSSR count). The van der Waals surface area contributed by atoms with Gasteiger partial charge in [0.25, 0.3) is 11.5 Å². The fourth-order valence-electron chi connectivity index (χ4n) is 3.32. The van der Waals surface area contributed by atoms with Gasteiger partial charge in [-0.1, -0.05) is 15.9 Å². The molecule has 1 amide bonds. The highest BCUT2D eigenvalue weighted by molar-refractivity contribution is 14.1. The first kappa shape index (κ1) is 18.4. The van der Waals surface area contributed by atoms with Crippen LogP contribution < -0.4 is 10.5 Å². The van der Waals surface area contributed by atoms with Crippen LogP contribution in [-0.4, -0.2) is 22.5 Å². The van der Waals surface area contributed by atoms with Crippen LogP contribution >= 0.6 is 38.5 Å². The van der Waals surface area contributed by atoms with Crippen molar-refractivity contribution in [3.05, 3.63) is 66.2 Å². The largest absolute Gasteiger partial charge is 0.311 e. The Balaban J connectivity index is 1.99. The molecule has 0 fully saturated rings. The lowest BCUT2D eigenvalue weighted by molar-refractivity contribution is -0.112. The number of likely N-dealkylation sites (N-methyl/N-ethyl adjacent to an activating group) is 1. The van der Waals surface area contributed by atoms with Crippen molar-refractivity contribution in [2.45, 2.75) is 13.5 Å². The molecule has 1 aliphatic heterocycles. The summed E-state index contributed by atoms with van der Waals surface area (Å²) in [4.78, 5) is 32.0. The van der Waals surface area contributed by atoms with Crippen LogP contribution in [0.25, 0.3) is 22.6 Å². The maximum Gasteiger partial charge on any atom is 0.261 e. The van der Waals surface area contributed by atoms with Crippen LogP contribution in [0, 0.1) is 3.57 Å². The molecule has 2 heterocycles. The predicted octanol–water partition coefficient (Wildman–Crippen LogP) is 4.30. The van der Waals surface area contributed by atoms with E-state index in [4.69, 9.17) is 0 Å². The molecule has 136 valence electrons. The third-order valence-corrected chi connectivity index (χ3v) is 5.84. The maximum atomic E-state index is 12.9. The maximum absolute atomic E-state index is 12.9. The summed E-state index contributed by atoms with van der Waals surface area (Å²) in [5.74, 6) is 0.378. The first-order valence-electron chi connectivity index (χ1n) is 8.40. The molecule has 0 bridgehead atoms. The molecule has 5 nitrogen and oxygen atoms in total. The van der Waals surface area contributed by atoms with E-state index in [1.165, 1.54) is 0 Å². The zero-order valence-electron chi connectivity index (χ0n) is 14.7. The average molecular weight is 536 g/mol.